The SMILES string of the molecule is CCc1ccc(N(C(C)C(=O)NCc2ccc(OC(C)C)c(OC)c2)S(C)(=O)=O)cc1. The number of ether oxygens (including phenoxy) is 2. The predicted molar refractivity (Wildman–Crippen MR) is 123 cm³/mol. The molecule has 0 heterocycles. The molecule has 0 aliphatic carbocycles. The van der Waals surface area contributed by atoms with Gasteiger partial charge in [-0.25, -0.2) is 8.42 Å². The van der Waals surface area contributed by atoms with Crippen molar-refractivity contribution in [3.63, 3.8) is 0 Å². The van der Waals surface area contributed by atoms with Gasteiger partial charge < -0.3 is 14.8 Å². The first-order valence-electron chi connectivity index (χ1n) is 10.3. The molecule has 0 saturated heterocycles. The number of amides is 1. The molecule has 0 saturated carbocycles. The van der Waals surface area contributed by atoms with Gasteiger partial charge in [0.2, 0.25) is 15.9 Å². The van der Waals surface area contributed by atoms with Gasteiger partial charge in [-0.15, -0.1) is 0 Å². The van der Waals surface area contributed by atoms with E-state index in [4.69, 9.17) is 9.47 Å². The first-order valence-corrected chi connectivity index (χ1v) is 12.1. The number of anilines is 1. The summed E-state index contributed by atoms with van der Waals surface area (Å²) < 4.78 is 37.1. The third kappa shape index (κ3) is 6.62. The summed E-state index contributed by atoms with van der Waals surface area (Å²) in [5.41, 5.74) is 2.36. The minimum atomic E-state index is -3.66. The molecule has 170 valence electrons. The number of sulfonamides is 1. The van der Waals surface area contributed by atoms with Crippen LogP contribution < -0.4 is 19.1 Å². The molecule has 1 N–H and O–H groups in total. The number of carbonyl (C=O) groups is 1. The second-order valence-corrected chi connectivity index (χ2v) is 9.48. The number of aryl methyl sites for hydroxylation is 1. The van der Waals surface area contributed by atoms with Gasteiger partial charge in [0.1, 0.15) is 6.04 Å². The summed E-state index contributed by atoms with van der Waals surface area (Å²) in [7, 11) is -2.10. The van der Waals surface area contributed by atoms with Crippen molar-refractivity contribution < 1.29 is 22.7 Å². The van der Waals surface area contributed by atoms with Gasteiger partial charge >= 0.3 is 0 Å². The number of nitrogens with zero attached hydrogens (tertiary/aromatic N) is 1. The lowest BCUT2D eigenvalue weighted by Gasteiger charge is -2.28. The zero-order valence-corrected chi connectivity index (χ0v) is 19.8. The van der Waals surface area contributed by atoms with Crippen LogP contribution in [0.25, 0.3) is 0 Å². The molecule has 0 aliphatic heterocycles. The molecule has 1 unspecified atom stereocenters. The number of carbonyl (C=O) groups excluding carboxylic acids is 1. The predicted octanol–water partition coefficient (Wildman–Crippen LogP) is 3.52. The molecule has 0 aromatic heterocycles. The highest BCUT2D eigenvalue weighted by Gasteiger charge is 2.29. The van der Waals surface area contributed by atoms with Crippen molar-refractivity contribution in [3.8, 4) is 11.5 Å². The molecular weight excluding hydrogens is 416 g/mol. The van der Waals surface area contributed by atoms with E-state index in [-0.39, 0.29) is 12.6 Å². The zero-order valence-electron chi connectivity index (χ0n) is 19.0. The van der Waals surface area contributed by atoms with Crippen LogP contribution in [0.5, 0.6) is 11.5 Å². The van der Waals surface area contributed by atoms with Gasteiger partial charge in [-0.05, 0) is 62.6 Å². The van der Waals surface area contributed by atoms with Crippen molar-refractivity contribution >= 4 is 21.6 Å². The Kier molecular flexibility index (Phi) is 8.33. The first kappa shape index (κ1) is 24.5. The van der Waals surface area contributed by atoms with Crippen LogP contribution in [-0.4, -0.2) is 39.8 Å². The summed E-state index contributed by atoms with van der Waals surface area (Å²) >= 11 is 0. The molecule has 2 rings (SSSR count). The van der Waals surface area contributed by atoms with Crippen LogP contribution in [0.15, 0.2) is 42.5 Å². The Bertz CT molecular complexity index is 988. The van der Waals surface area contributed by atoms with Crippen LogP contribution in [0.1, 0.15) is 38.8 Å². The third-order valence-corrected chi connectivity index (χ3v) is 5.99. The number of rotatable bonds is 10. The maximum Gasteiger partial charge on any atom is 0.243 e. The smallest absolute Gasteiger partial charge is 0.243 e. The molecule has 0 spiro atoms. The van der Waals surface area contributed by atoms with Gasteiger partial charge in [-0.1, -0.05) is 25.1 Å². The lowest BCUT2D eigenvalue weighted by molar-refractivity contribution is -0.122. The van der Waals surface area contributed by atoms with Gasteiger partial charge in [-0.2, -0.15) is 0 Å². The number of benzene rings is 2. The summed E-state index contributed by atoms with van der Waals surface area (Å²) in [5, 5.41) is 2.81. The van der Waals surface area contributed by atoms with Crippen LogP contribution in [0.2, 0.25) is 0 Å². The van der Waals surface area contributed by atoms with Crippen molar-refractivity contribution in [3.05, 3.63) is 53.6 Å². The summed E-state index contributed by atoms with van der Waals surface area (Å²) in [4.78, 5) is 12.8. The number of methoxy groups -OCH3 is 1. The Hall–Kier alpha value is -2.74. The van der Waals surface area contributed by atoms with E-state index in [1.165, 1.54) is 0 Å². The van der Waals surface area contributed by atoms with Crippen molar-refractivity contribution in [1.82, 2.24) is 5.32 Å². The molecule has 1 amide bonds. The molecule has 2 aromatic rings. The van der Waals surface area contributed by atoms with Crippen LogP contribution in [-0.2, 0) is 27.8 Å². The van der Waals surface area contributed by atoms with E-state index < -0.39 is 22.0 Å². The Labute approximate surface area is 185 Å². The topological polar surface area (TPSA) is 84.9 Å². The quantitative estimate of drug-likeness (QED) is 0.601. The lowest BCUT2D eigenvalue weighted by atomic mass is 10.1. The molecular formula is C23H32N2O5S. The summed E-state index contributed by atoms with van der Waals surface area (Å²) in [6.07, 6.45) is 1.95. The highest BCUT2D eigenvalue weighted by atomic mass is 32.2. The standard InChI is InChI=1S/C23H32N2O5S/c1-7-18-8-11-20(12-9-18)25(31(6,27)28)17(4)23(26)24-15-19-10-13-21(30-16(2)3)22(14-19)29-5/h8-14,16-17H,7,15H2,1-6H3,(H,24,26). The van der Waals surface area contributed by atoms with Gasteiger partial charge in [0.25, 0.3) is 0 Å². The first-order chi connectivity index (χ1) is 14.6. The maximum atomic E-state index is 12.8. The molecule has 1 atom stereocenters. The van der Waals surface area contributed by atoms with Gasteiger partial charge in [0.05, 0.1) is 25.2 Å². The van der Waals surface area contributed by atoms with Gasteiger partial charge in [-0.3, -0.25) is 9.10 Å². The number of nitrogens with one attached hydrogen (secondary N) is 1. The molecule has 0 radical (unpaired) electrons. The zero-order chi connectivity index (χ0) is 23.2. The third-order valence-electron chi connectivity index (χ3n) is 4.75. The highest BCUT2D eigenvalue weighted by molar-refractivity contribution is 7.92. The van der Waals surface area contributed by atoms with Gasteiger partial charge in [0, 0.05) is 6.54 Å². The van der Waals surface area contributed by atoms with E-state index in [1.807, 2.05) is 39.0 Å². The molecule has 0 bridgehead atoms. The average molecular weight is 449 g/mol. The Morgan fingerprint density at radius 2 is 1.65 bits per heavy atom. The van der Waals surface area contributed by atoms with Crippen molar-refractivity contribution in [2.45, 2.75) is 52.8 Å². The van der Waals surface area contributed by atoms with E-state index >= 15 is 0 Å². The summed E-state index contributed by atoms with van der Waals surface area (Å²) in [5.74, 6) is 0.800. The Morgan fingerprint density at radius 3 is 2.16 bits per heavy atom. The second kappa shape index (κ2) is 10.5. The van der Waals surface area contributed by atoms with E-state index in [1.54, 1.807) is 38.3 Å². The van der Waals surface area contributed by atoms with E-state index in [0.717, 1.165) is 28.1 Å². The minimum Gasteiger partial charge on any atom is -0.493 e. The van der Waals surface area contributed by atoms with E-state index in [2.05, 4.69) is 5.32 Å². The maximum absolute atomic E-state index is 12.8. The lowest BCUT2D eigenvalue weighted by Crippen LogP contribution is -2.47. The monoisotopic (exact) mass is 448 g/mol. The van der Waals surface area contributed by atoms with Crippen LogP contribution in [0.3, 0.4) is 0 Å². The van der Waals surface area contributed by atoms with Crippen molar-refractivity contribution in [2.24, 2.45) is 0 Å². The van der Waals surface area contributed by atoms with Crippen molar-refractivity contribution in [1.29, 1.82) is 0 Å². The fourth-order valence-corrected chi connectivity index (χ4v) is 4.37. The highest BCUT2D eigenvalue weighted by Crippen LogP contribution is 2.29. The largest absolute Gasteiger partial charge is 0.493 e. The average Bonchev–Trinajstić information content (AvgIpc) is 2.71. The molecule has 2 aromatic carbocycles. The molecule has 8 heteroatoms. The number of hydrogen-bond donors (Lipinski definition) is 1. The van der Waals surface area contributed by atoms with Crippen LogP contribution in [0.4, 0.5) is 5.69 Å². The molecule has 0 fully saturated rings. The Morgan fingerprint density at radius 1 is 1.03 bits per heavy atom. The second-order valence-electron chi connectivity index (χ2n) is 7.62. The molecule has 31 heavy (non-hydrogen) atoms. The van der Waals surface area contributed by atoms with Crippen molar-refractivity contribution in [2.75, 3.05) is 17.7 Å². The van der Waals surface area contributed by atoms with Crippen LogP contribution in [0, 0.1) is 0 Å². The Balaban J connectivity index is 2.15. The fraction of sp³-hybridized carbons (Fsp3) is 0.435. The number of hydrogen-bond acceptors (Lipinski definition) is 5. The fourth-order valence-electron chi connectivity index (χ4n) is 3.20. The van der Waals surface area contributed by atoms with E-state index in [0.29, 0.717) is 17.2 Å². The van der Waals surface area contributed by atoms with Gasteiger partial charge in [0.15, 0.2) is 11.5 Å². The molecule has 7 nitrogen and oxygen atoms in total. The summed E-state index contributed by atoms with van der Waals surface area (Å²) in [6, 6.07) is 11.7. The summed E-state index contributed by atoms with van der Waals surface area (Å²) in [6.45, 7) is 7.69. The van der Waals surface area contributed by atoms with E-state index in [9.17, 15) is 13.2 Å². The van der Waals surface area contributed by atoms with Crippen LogP contribution >= 0.6 is 0 Å². The normalized spacial score (nSPS) is 12.4. The molecule has 0 aliphatic rings. The minimum absolute atomic E-state index is 0.00803.